The van der Waals surface area contributed by atoms with Gasteiger partial charge in [0.05, 0.1) is 16.3 Å². The van der Waals surface area contributed by atoms with Gasteiger partial charge in [-0.1, -0.05) is 20.8 Å². The molecule has 0 spiro atoms. The highest BCUT2D eigenvalue weighted by molar-refractivity contribution is 7.24. The monoisotopic (exact) mass is 446 g/mol. The summed E-state index contributed by atoms with van der Waals surface area (Å²) >= 11 is 5.57. The Kier molecular flexibility index (Phi) is 3.95. The molecule has 0 bridgehead atoms. The standard InChI is InChI=1S/C25H22N2S3/c1-13-11-29-18-6-5-16-21-24(30-23(16)19(13)18)20(26-12-27-21)15-9-14-7-8-28-22(14)17(10-15)25(2,3)4/h5-11,27H,12H2,1-4H3. The van der Waals surface area contributed by atoms with Crippen LogP contribution in [0.4, 0.5) is 5.69 Å². The predicted molar refractivity (Wildman–Crippen MR) is 137 cm³/mol. The van der Waals surface area contributed by atoms with Gasteiger partial charge in [-0.05, 0) is 69.9 Å². The fraction of sp³-hybridized carbons (Fsp3) is 0.240. The van der Waals surface area contributed by atoms with Gasteiger partial charge in [0, 0.05) is 30.4 Å². The van der Waals surface area contributed by atoms with Crippen LogP contribution < -0.4 is 5.32 Å². The molecule has 0 saturated heterocycles. The quantitative estimate of drug-likeness (QED) is 0.276. The van der Waals surface area contributed by atoms with E-state index in [1.807, 2.05) is 34.0 Å². The second-order valence-electron chi connectivity index (χ2n) is 8.99. The molecule has 0 saturated carbocycles. The Labute approximate surface area is 187 Å². The average molecular weight is 447 g/mol. The molecule has 0 atom stereocenters. The zero-order valence-electron chi connectivity index (χ0n) is 17.4. The van der Waals surface area contributed by atoms with Crippen molar-refractivity contribution in [2.45, 2.75) is 33.1 Å². The number of thiophene rings is 3. The summed E-state index contributed by atoms with van der Waals surface area (Å²) in [5.74, 6) is 0. The van der Waals surface area contributed by atoms with E-state index in [0.29, 0.717) is 6.67 Å². The molecule has 2 aromatic carbocycles. The highest BCUT2D eigenvalue weighted by Gasteiger charge is 2.25. The van der Waals surface area contributed by atoms with Gasteiger partial charge in [0.1, 0.15) is 6.67 Å². The van der Waals surface area contributed by atoms with Gasteiger partial charge < -0.3 is 5.32 Å². The molecule has 0 unspecified atom stereocenters. The number of hydrogen-bond acceptors (Lipinski definition) is 5. The summed E-state index contributed by atoms with van der Waals surface area (Å²) in [6.45, 7) is 9.75. The number of anilines is 1. The molecule has 1 N–H and O–H groups in total. The number of nitrogens with zero attached hydrogens (tertiary/aromatic N) is 1. The van der Waals surface area contributed by atoms with Gasteiger partial charge in [0.2, 0.25) is 0 Å². The zero-order valence-corrected chi connectivity index (χ0v) is 19.9. The van der Waals surface area contributed by atoms with E-state index in [1.165, 1.54) is 57.5 Å². The number of benzene rings is 2. The molecule has 0 fully saturated rings. The molecule has 0 radical (unpaired) electrons. The van der Waals surface area contributed by atoms with Crippen LogP contribution in [0.2, 0.25) is 0 Å². The van der Waals surface area contributed by atoms with Gasteiger partial charge in [-0.3, -0.25) is 4.99 Å². The first-order valence-electron chi connectivity index (χ1n) is 10.2. The number of rotatable bonds is 1. The molecular weight excluding hydrogens is 424 g/mol. The van der Waals surface area contributed by atoms with E-state index in [2.05, 4.69) is 74.1 Å². The summed E-state index contributed by atoms with van der Waals surface area (Å²) < 4.78 is 4.14. The zero-order chi connectivity index (χ0) is 20.6. The van der Waals surface area contributed by atoms with Crippen molar-refractivity contribution in [2.24, 2.45) is 4.99 Å². The Bertz CT molecular complexity index is 1490. The summed E-state index contributed by atoms with van der Waals surface area (Å²) in [6.07, 6.45) is 0. The van der Waals surface area contributed by atoms with E-state index >= 15 is 0 Å². The molecule has 1 aliphatic heterocycles. The number of hydrogen-bond donors (Lipinski definition) is 1. The third-order valence-corrected chi connectivity index (χ3v) is 9.18. The number of aryl methyl sites for hydroxylation is 1. The maximum atomic E-state index is 4.96. The molecule has 2 nitrogen and oxygen atoms in total. The van der Waals surface area contributed by atoms with Gasteiger partial charge in [0.25, 0.3) is 0 Å². The third kappa shape index (κ3) is 2.62. The van der Waals surface area contributed by atoms with Gasteiger partial charge in [-0.15, -0.1) is 34.0 Å². The van der Waals surface area contributed by atoms with Crippen LogP contribution in [0, 0.1) is 6.92 Å². The Morgan fingerprint density at radius 1 is 1.03 bits per heavy atom. The maximum absolute atomic E-state index is 4.96. The van der Waals surface area contributed by atoms with Crippen LogP contribution in [0.5, 0.6) is 0 Å². The Morgan fingerprint density at radius 2 is 1.90 bits per heavy atom. The lowest BCUT2D eigenvalue weighted by Gasteiger charge is -2.22. The topological polar surface area (TPSA) is 24.4 Å². The molecule has 0 aliphatic carbocycles. The highest BCUT2D eigenvalue weighted by Crippen LogP contribution is 2.45. The molecule has 5 aromatic rings. The normalized spacial score (nSPS) is 14.3. The van der Waals surface area contributed by atoms with E-state index in [1.54, 1.807) is 0 Å². The van der Waals surface area contributed by atoms with E-state index in [9.17, 15) is 0 Å². The van der Waals surface area contributed by atoms with Crippen molar-refractivity contribution < 1.29 is 0 Å². The van der Waals surface area contributed by atoms with Gasteiger partial charge in [0.15, 0.2) is 0 Å². The van der Waals surface area contributed by atoms with Crippen molar-refractivity contribution in [3.63, 3.8) is 0 Å². The minimum atomic E-state index is 0.0928. The van der Waals surface area contributed by atoms with Gasteiger partial charge >= 0.3 is 0 Å². The summed E-state index contributed by atoms with van der Waals surface area (Å²) in [6, 6.07) is 11.5. The van der Waals surface area contributed by atoms with E-state index < -0.39 is 0 Å². The molecular formula is C25H22N2S3. The number of fused-ring (bicyclic) bond motifs is 6. The van der Waals surface area contributed by atoms with E-state index in [4.69, 9.17) is 4.99 Å². The van der Waals surface area contributed by atoms with Crippen LogP contribution in [-0.4, -0.2) is 12.4 Å². The number of nitrogens with one attached hydrogen (secondary N) is 1. The lowest BCUT2D eigenvalue weighted by Crippen LogP contribution is -2.16. The van der Waals surface area contributed by atoms with Crippen LogP contribution in [0.15, 0.2) is 46.1 Å². The molecule has 150 valence electrons. The molecule has 3 aromatic heterocycles. The molecule has 30 heavy (non-hydrogen) atoms. The van der Waals surface area contributed by atoms with Crippen molar-refractivity contribution >= 4 is 75.7 Å². The lowest BCUT2D eigenvalue weighted by molar-refractivity contribution is 0.596. The smallest absolute Gasteiger partial charge is 0.108 e. The van der Waals surface area contributed by atoms with Gasteiger partial charge in [-0.25, -0.2) is 0 Å². The summed E-state index contributed by atoms with van der Waals surface area (Å²) in [5.41, 5.74) is 6.48. The molecule has 1 aliphatic rings. The van der Waals surface area contributed by atoms with Crippen molar-refractivity contribution in [3.05, 3.63) is 62.7 Å². The summed E-state index contributed by atoms with van der Waals surface area (Å²) in [4.78, 5) is 6.23. The summed E-state index contributed by atoms with van der Waals surface area (Å²) in [5, 5.41) is 12.1. The van der Waals surface area contributed by atoms with Crippen molar-refractivity contribution in [2.75, 3.05) is 12.0 Å². The SMILES string of the molecule is Cc1csc2ccc3c4c(sc3c12)C(c1cc(C(C)(C)C)c2sccc2c1)=NCN4. The van der Waals surface area contributed by atoms with Crippen LogP contribution in [0.1, 0.15) is 42.3 Å². The Balaban J connectivity index is 1.62. The van der Waals surface area contributed by atoms with E-state index in [-0.39, 0.29) is 5.41 Å². The molecule has 4 heterocycles. The molecule has 5 heteroatoms. The van der Waals surface area contributed by atoms with Crippen LogP contribution >= 0.6 is 34.0 Å². The van der Waals surface area contributed by atoms with Crippen LogP contribution in [0.3, 0.4) is 0 Å². The minimum Gasteiger partial charge on any atom is -0.365 e. The Hall–Kier alpha value is -2.21. The first-order valence-corrected chi connectivity index (χ1v) is 12.7. The highest BCUT2D eigenvalue weighted by atomic mass is 32.1. The maximum Gasteiger partial charge on any atom is 0.108 e. The lowest BCUT2D eigenvalue weighted by atomic mass is 9.84. The largest absolute Gasteiger partial charge is 0.365 e. The first kappa shape index (κ1) is 18.6. The van der Waals surface area contributed by atoms with Crippen molar-refractivity contribution in [3.8, 4) is 0 Å². The summed E-state index contributed by atoms with van der Waals surface area (Å²) in [7, 11) is 0. The molecule has 0 amide bonds. The minimum absolute atomic E-state index is 0.0928. The second-order valence-corrected chi connectivity index (χ2v) is 11.8. The van der Waals surface area contributed by atoms with E-state index in [0.717, 1.165) is 5.71 Å². The Morgan fingerprint density at radius 3 is 2.73 bits per heavy atom. The van der Waals surface area contributed by atoms with Crippen LogP contribution in [0.25, 0.3) is 30.3 Å². The first-order chi connectivity index (χ1) is 14.4. The predicted octanol–water partition coefficient (Wildman–Crippen LogP) is 8.16. The molecule has 6 rings (SSSR count). The fourth-order valence-corrected chi connectivity index (χ4v) is 7.98. The number of aliphatic imine (C=N–C) groups is 1. The van der Waals surface area contributed by atoms with Crippen molar-refractivity contribution in [1.82, 2.24) is 0 Å². The van der Waals surface area contributed by atoms with Crippen molar-refractivity contribution in [1.29, 1.82) is 0 Å². The third-order valence-electron chi connectivity index (χ3n) is 5.92. The second kappa shape index (κ2) is 6.39. The average Bonchev–Trinajstić information content (AvgIpc) is 3.42. The fourth-order valence-electron chi connectivity index (χ4n) is 4.44. The van der Waals surface area contributed by atoms with Crippen LogP contribution in [-0.2, 0) is 5.41 Å². The van der Waals surface area contributed by atoms with Gasteiger partial charge in [-0.2, -0.15) is 0 Å².